The number of rotatable bonds is 2. The quantitative estimate of drug-likeness (QED) is 0.888. The second-order valence-electron chi connectivity index (χ2n) is 4.47. The van der Waals surface area contributed by atoms with E-state index in [0.29, 0.717) is 24.0 Å². The second-order valence-corrected chi connectivity index (χ2v) is 4.47. The first-order valence-corrected chi connectivity index (χ1v) is 6.17. The normalized spacial score (nSPS) is 13.5. The van der Waals surface area contributed by atoms with Gasteiger partial charge in [0.15, 0.2) is 5.69 Å². The van der Waals surface area contributed by atoms with Crippen LogP contribution in [0.4, 0.5) is 5.82 Å². The number of hydrogen-bond donors (Lipinski definition) is 1. The molecule has 0 aromatic carbocycles. The van der Waals surface area contributed by atoms with Gasteiger partial charge in [0.25, 0.3) is 5.91 Å². The Hall–Kier alpha value is -2.37. The van der Waals surface area contributed by atoms with Crippen LogP contribution in [0.15, 0.2) is 24.4 Å². The second kappa shape index (κ2) is 4.72. The van der Waals surface area contributed by atoms with Crippen molar-refractivity contribution in [3.63, 3.8) is 0 Å². The molecule has 0 fully saturated rings. The van der Waals surface area contributed by atoms with E-state index in [1.807, 2.05) is 19.1 Å². The summed E-state index contributed by atoms with van der Waals surface area (Å²) in [6.07, 6.45) is 2.57. The Labute approximate surface area is 110 Å². The van der Waals surface area contributed by atoms with Crippen LogP contribution in [0.5, 0.6) is 5.88 Å². The fraction of sp³-hybridized carbons (Fsp3) is 0.308. The minimum Gasteiger partial charge on any atom is -0.478 e. The molecule has 0 atom stereocenters. The zero-order valence-corrected chi connectivity index (χ0v) is 10.6. The van der Waals surface area contributed by atoms with Gasteiger partial charge in [-0.25, -0.2) is 9.67 Å². The largest absolute Gasteiger partial charge is 0.478 e. The summed E-state index contributed by atoms with van der Waals surface area (Å²) in [7, 11) is 0. The molecular weight excluding hydrogens is 244 g/mol. The van der Waals surface area contributed by atoms with E-state index in [-0.39, 0.29) is 5.91 Å². The first-order valence-electron chi connectivity index (χ1n) is 6.17. The molecule has 1 amide bonds. The molecule has 0 aliphatic carbocycles. The molecule has 0 spiro atoms. The summed E-state index contributed by atoms with van der Waals surface area (Å²) in [5.41, 5.74) is 1.39. The minimum atomic E-state index is -0.274. The number of amides is 1. The number of fused-ring (bicyclic) bond motifs is 1. The van der Waals surface area contributed by atoms with Gasteiger partial charge in [-0.15, -0.1) is 0 Å². The fourth-order valence-electron chi connectivity index (χ4n) is 1.96. The first-order chi connectivity index (χ1) is 9.22. The monoisotopic (exact) mass is 258 g/mol. The van der Waals surface area contributed by atoms with Crippen LogP contribution in [-0.2, 0) is 6.54 Å². The summed E-state index contributed by atoms with van der Waals surface area (Å²) in [6.45, 7) is 3.40. The van der Waals surface area contributed by atoms with Crippen molar-refractivity contribution >= 4 is 11.7 Å². The summed E-state index contributed by atoms with van der Waals surface area (Å²) in [4.78, 5) is 16.1. The van der Waals surface area contributed by atoms with Gasteiger partial charge < -0.3 is 10.1 Å². The van der Waals surface area contributed by atoms with Gasteiger partial charge in [0.05, 0.1) is 6.61 Å². The molecule has 0 bridgehead atoms. The topological polar surface area (TPSA) is 69.0 Å². The molecule has 0 saturated heterocycles. The number of carbonyl (C=O) groups excluding carboxylic acids is 1. The van der Waals surface area contributed by atoms with Crippen LogP contribution in [-0.4, -0.2) is 27.3 Å². The number of pyridine rings is 1. The number of carbonyl (C=O) groups is 1. The Morgan fingerprint density at radius 2 is 2.37 bits per heavy atom. The smallest absolute Gasteiger partial charge is 0.277 e. The van der Waals surface area contributed by atoms with Crippen LogP contribution in [0, 0.1) is 6.92 Å². The van der Waals surface area contributed by atoms with Gasteiger partial charge >= 0.3 is 0 Å². The van der Waals surface area contributed by atoms with Crippen molar-refractivity contribution in [1.29, 1.82) is 0 Å². The first kappa shape index (κ1) is 11.7. The Morgan fingerprint density at radius 1 is 1.47 bits per heavy atom. The van der Waals surface area contributed by atoms with E-state index in [2.05, 4.69) is 15.4 Å². The average Bonchev–Trinajstić information content (AvgIpc) is 2.82. The number of ether oxygens (including phenoxy) is 1. The van der Waals surface area contributed by atoms with E-state index in [4.69, 9.17) is 4.74 Å². The van der Waals surface area contributed by atoms with Crippen molar-refractivity contribution in [3.05, 3.63) is 35.7 Å². The van der Waals surface area contributed by atoms with E-state index in [0.717, 1.165) is 18.5 Å². The van der Waals surface area contributed by atoms with Gasteiger partial charge in [-0.1, -0.05) is 0 Å². The van der Waals surface area contributed by atoms with Gasteiger partial charge in [0.1, 0.15) is 5.82 Å². The molecule has 98 valence electrons. The highest BCUT2D eigenvalue weighted by Gasteiger charge is 2.18. The maximum Gasteiger partial charge on any atom is 0.277 e. The molecule has 6 nitrogen and oxygen atoms in total. The molecule has 2 aromatic heterocycles. The predicted molar refractivity (Wildman–Crippen MR) is 69.3 cm³/mol. The molecular formula is C13H14N4O2. The van der Waals surface area contributed by atoms with Crippen LogP contribution in [0.2, 0.25) is 0 Å². The highest BCUT2D eigenvalue weighted by Crippen LogP contribution is 2.19. The van der Waals surface area contributed by atoms with Crippen LogP contribution in [0.1, 0.15) is 22.5 Å². The van der Waals surface area contributed by atoms with Crippen molar-refractivity contribution in [2.45, 2.75) is 19.9 Å². The third kappa shape index (κ3) is 2.42. The SMILES string of the molecule is Cc1ccnc(NC(=O)c2cc3n(n2)CCCO3)c1. The zero-order valence-electron chi connectivity index (χ0n) is 10.6. The maximum atomic E-state index is 12.1. The molecule has 1 aliphatic rings. The Bertz CT molecular complexity index is 597. The molecule has 3 heterocycles. The van der Waals surface area contributed by atoms with E-state index in [1.54, 1.807) is 16.9 Å². The molecule has 6 heteroatoms. The van der Waals surface area contributed by atoms with E-state index >= 15 is 0 Å². The van der Waals surface area contributed by atoms with Gasteiger partial charge in [0, 0.05) is 25.2 Å². The van der Waals surface area contributed by atoms with Crippen molar-refractivity contribution in [2.24, 2.45) is 0 Å². The molecule has 1 aliphatic heterocycles. The van der Waals surface area contributed by atoms with Crippen LogP contribution in [0.3, 0.4) is 0 Å². The summed E-state index contributed by atoms with van der Waals surface area (Å²) in [6, 6.07) is 5.34. The number of aromatic nitrogens is 3. The Kier molecular flexibility index (Phi) is 2.91. The summed E-state index contributed by atoms with van der Waals surface area (Å²) in [5, 5.41) is 6.95. The number of aryl methyl sites for hydroxylation is 2. The molecule has 0 unspecified atom stereocenters. The fourth-order valence-corrected chi connectivity index (χ4v) is 1.96. The van der Waals surface area contributed by atoms with Crippen molar-refractivity contribution in [2.75, 3.05) is 11.9 Å². The summed E-state index contributed by atoms with van der Waals surface area (Å²) >= 11 is 0. The van der Waals surface area contributed by atoms with Gasteiger partial charge in [0.2, 0.25) is 5.88 Å². The van der Waals surface area contributed by atoms with E-state index < -0.39 is 0 Å². The highest BCUT2D eigenvalue weighted by atomic mass is 16.5. The number of nitrogens with one attached hydrogen (secondary N) is 1. The van der Waals surface area contributed by atoms with Gasteiger partial charge in [-0.2, -0.15) is 5.10 Å². The average molecular weight is 258 g/mol. The van der Waals surface area contributed by atoms with Gasteiger partial charge in [-0.3, -0.25) is 4.79 Å². The van der Waals surface area contributed by atoms with Crippen LogP contribution < -0.4 is 10.1 Å². The molecule has 3 rings (SSSR count). The molecule has 2 aromatic rings. The van der Waals surface area contributed by atoms with E-state index in [9.17, 15) is 4.79 Å². The number of anilines is 1. The molecule has 0 saturated carbocycles. The van der Waals surface area contributed by atoms with Crippen LogP contribution in [0.25, 0.3) is 0 Å². The van der Waals surface area contributed by atoms with Gasteiger partial charge in [-0.05, 0) is 24.6 Å². The van der Waals surface area contributed by atoms with Crippen molar-refractivity contribution in [3.8, 4) is 5.88 Å². The van der Waals surface area contributed by atoms with Crippen molar-refractivity contribution < 1.29 is 9.53 Å². The number of nitrogens with zero attached hydrogens (tertiary/aromatic N) is 3. The van der Waals surface area contributed by atoms with Crippen LogP contribution >= 0.6 is 0 Å². The highest BCUT2D eigenvalue weighted by molar-refractivity contribution is 6.02. The Morgan fingerprint density at radius 3 is 3.16 bits per heavy atom. The Balaban J connectivity index is 1.78. The summed E-state index contributed by atoms with van der Waals surface area (Å²) < 4.78 is 7.14. The molecule has 0 radical (unpaired) electrons. The zero-order chi connectivity index (χ0) is 13.2. The lowest BCUT2D eigenvalue weighted by Gasteiger charge is -2.13. The van der Waals surface area contributed by atoms with Crippen molar-refractivity contribution in [1.82, 2.24) is 14.8 Å². The molecule has 19 heavy (non-hydrogen) atoms. The minimum absolute atomic E-state index is 0.274. The lowest BCUT2D eigenvalue weighted by Crippen LogP contribution is -2.16. The molecule has 1 N–H and O–H groups in total. The predicted octanol–water partition coefficient (Wildman–Crippen LogP) is 1.62. The summed E-state index contributed by atoms with van der Waals surface area (Å²) in [5.74, 6) is 0.897. The number of hydrogen-bond acceptors (Lipinski definition) is 4. The third-order valence-electron chi connectivity index (χ3n) is 2.90. The maximum absolute atomic E-state index is 12.1. The lowest BCUT2D eigenvalue weighted by molar-refractivity contribution is 0.102. The van der Waals surface area contributed by atoms with E-state index in [1.165, 1.54) is 0 Å². The standard InChI is InChI=1S/C13H14N4O2/c1-9-3-4-14-11(7-9)15-13(18)10-8-12-17(16-10)5-2-6-19-12/h3-4,7-8H,2,5-6H2,1H3,(H,14,15,18). The third-order valence-corrected chi connectivity index (χ3v) is 2.90. The lowest BCUT2D eigenvalue weighted by atomic mass is 10.3.